The van der Waals surface area contributed by atoms with Crippen molar-refractivity contribution in [3.8, 4) is 0 Å². The molecule has 2 rings (SSSR count). The van der Waals surface area contributed by atoms with Gasteiger partial charge in [-0.05, 0) is 69.9 Å². The Kier molecular flexibility index (Phi) is 7.57. The molecule has 0 saturated carbocycles. The molecule has 114 valence electrons. The molecule has 1 aliphatic rings. The van der Waals surface area contributed by atoms with E-state index in [2.05, 4.69) is 49.2 Å². The van der Waals surface area contributed by atoms with Crippen LogP contribution in [0.4, 0.5) is 0 Å². The van der Waals surface area contributed by atoms with Gasteiger partial charge in [0.15, 0.2) is 0 Å². The van der Waals surface area contributed by atoms with Crippen LogP contribution < -0.4 is 5.32 Å². The van der Waals surface area contributed by atoms with Crippen molar-refractivity contribution in [1.82, 2.24) is 10.2 Å². The molecule has 0 atom stereocenters. The molecule has 0 radical (unpaired) electrons. The second kappa shape index (κ2) is 8.66. The molecule has 1 aromatic carbocycles. The molecule has 2 nitrogen and oxygen atoms in total. The Hall–Kier alpha value is -0.570. The molecule has 1 saturated heterocycles. The molecule has 0 aliphatic carbocycles. The van der Waals surface area contributed by atoms with E-state index in [9.17, 15) is 0 Å². The Balaban J connectivity index is 0.00000200. The average Bonchev–Trinajstić information content (AvgIpc) is 2.42. The van der Waals surface area contributed by atoms with Crippen molar-refractivity contribution in [2.75, 3.05) is 26.2 Å². The molecular weight excluding hydrogens is 268 g/mol. The summed E-state index contributed by atoms with van der Waals surface area (Å²) in [7, 11) is 0. The number of halogens is 1. The third kappa shape index (κ3) is 5.08. The second-order valence-electron chi connectivity index (χ2n) is 5.96. The molecule has 0 bridgehead atoms. The van der Waals surface area contributed by atoms with Crippen LogP contribution in [0.1, 0.15) is 36.5 Å². The summed E-state index contributed by atoms with van der Waals surface area (Å²) in [5.41, 5.74) is 4.31. The highest BCUT2D eigenvalue weighted by molar-refractivity contribution is 5.85. The van der Waals surface area contributed by atoms with Crippen molar-refractivity contribution in [3.05, 3.63) is 34.9 Å². The van der Waals surface area contributed by atoms with E-state index in [0.29, 0.717) is 0 Å². The quantitative estimate of drug-likeness (QED) is 0.894. The standard InChI is InChI=1S/C17H28N2.ClH/c1-4-18-12-16-7-9-19(10-8-16)13-17-11-14(2)5-6-15(17)3;/h5-6,11,16,18H,4,7-10,12-13H2,1-3H3;1H. The Bertz CT molecular complexity index is 398. The maximum absolute atomic E-state index is 3.48. The van der Waals surface area contributed by atoms with Crippen LogP contribution in [0.25, 0.3) is 0 Å². The number of benzene rings is 1. The number of hydrogen-bond donors (Lipinski definition) is 1. The third-order valence-electron chi connectivity index (χ3n) is 4.29. The number of likely N-dealkylation sites (tertiary alicyclic amines) is 1. The monoisotopic (exact) mass is 296 g/mol. The predicted molar refractivity (Wildman–Crippen MR) is 89.7 cm³/mol. The van der Waals surface area contributed by atoms with Gasteiger partial charge < -0.3 is 5.32 Å². The fourth-order valence-corrected chi connectivity index (χ4v) is 2.91. The minimum Gasteiger partial charge on any atom is -0.317 e. The topological polar surface area (TPSA) is 15.3 Å². The van der Waals surface area contributed by atoms with Crippen LogP contribution in [0.2, 0.25) is 0 Å². The van der Waals surface area contributed by atoms with Crippen LogP contribution in [-0.4, -0.2) is 31.1 Å². The van der Waals surface area contributed by atoms with Crippen LogP contribution in [0.15, 0.2) is 18.2 Å². The van der Waals surface area contributed by atoms with Gasteiger partial charge in [0, 0.05) is 6.54 Å². The molecule has 20 heavy (non-hydrogen) atoms. The average molecular weight is 297 g/mol. The number of hydrogen-bond acceptors (Lipinski definition) is 2. The first kappa shape index (κ1) is 17.5. The molecule has 3 heteroatoms. The SMILES string of the molecule is CCNCC1CCN(Cc2cc(C)ccc2C)CC1.Cl. The molecule has 1 N–H and O–H groups in total. The van der Waals surface area contributed by atoms with E-state index in [-0.39, 0.29) is 12.4 Å². The zero-order valence-corrected chi connectivity index (χ0v) is 13.9. The summed E-state index contributed by atoms with van der Waals surface area (Å²) in [6.07, 6.45) is 2.69. The van der Waals surface area contributed by atoms with Crippen molar-refractivity contribution in [3.63, 3.8) is 0 Å². The van der Waals surface area contributed by atoms with Crippen LogP contribution >= 0.6 is 12.4 Å². The summed E-state index contributed by atoms with van der Waals surface area (Å²) in [5.74, 6) is 0.884. The molecular formula is C17H29ClN2. The van der Waals surface area contributed by atoms with Crippen LogP contribution in [-0.2, 0) is 6.54 Å². The van der Waals surface area contributed by atoms with Gasteiger partial charge in [-0.2, -0.15) is 0 Å². The van der Waals surface area contributed by atoms with Crippen LogP contribution in [0.5, 0.6) is 0 Å². The van der Waals surface area contributed by atoms with Crippen LogP contribution in [0.3, 0.4) is 0 Å². The van der Waals surface area contributed by atoms with E-state index in [1.54, 1.807) is 0 Å². The van der Waals surface area contributed by atoms with Crippen molar-refractivity contribution < 1.29 is 0 Å². The fraction of sp³-hybridized carbons (Fsp3) is 0.647. The highest BCUT2D eigenvalue weighted by atomic mass is 35.5. The molecule has 1 aromatic rings. The van der Waals surface area contributed by atoms with Gasteiger partial charge in [-0.25, -0.2) is 0 Å². The molecule has 0 spiro atoms. The maximum atomic E-state index is 3.48. The minimum atomic E-state index is 0. The number of aryl methyl sites for hydroxylation is 2. The van der Waals surface area contributed by atoms with Gasteiger partial charge >= 0.3 is 0 Å². The number of nitrogens with zero attached hydrogens (tertiary/aromatic N) is 1. The number of rotatable bonds is 5. The highest BCUT2D eigenvalue weighted by Crippen LogP contribution is 2.20. The van der Waals surface area contributed by atoms with E-state index in [1.807, 2.05) is 0 Å². The summed E-state index contributed by atoms with van der Waals surface area (Å²) in [6, 6.07) is 6.81. The van der Waals surface area contributed by atoms with E-state index >= 15 is 0 Å². The molecule has 1 aliphatic heterocycles. The first-order valence-corrected chi connectivity index (χ1v) is 7.68. The van der Waals surface area contributed by atoms with Gasteiger partial charge in [-0.15, -0.1) is 12.4 Å². The van der Waals surface area contributed by atoms with Crippen molar-refractivity contribution in [2.45, 2.75) is 40.2 Å². The smallest absolute Gasteiger partial charge is 0.0236 e. The van der Waals surface area contributed by atoms with Crippen molar-refractivity contribution in [1.29, 1.82) is 0 Å². The molecule has 1 heterocycles. The lowest BCUT2D eigenvalue weighted by atomic mass is 9.96. The van der Waals surface area contributed by atoms with Gasteiger partial charge in [0.2, 0.25) is 0 Å². The lowest BCUT2D eigenvalue weighted by Gasteiger charge is -2.32. The zero-order valence-electron chi connectivity index (χ0n) is 13.1. The second-order valence-corrected chi connectivity index (χ2v) is 5.96. The predicted octanol–water partition coefficient (Wildman–Crippen LogP) is 3.55. The van der Waals surface area contributed by atoms with Crippen molar-refractivity contribution >= 4 is 12.4 Å². The summed E-state index contributed by atoms with van der Waals surface area (Å²) in [5, 5.41) is 3.48. The normalized spacial score (nSPS) is 16.9. The summed E-state index contributed by atoms with van der Waals surface area (Å²) >= 11 is 0. The first-order valence-electron chi connectivity index (χ1n) is 7.68. The molecule has 0 aromatic heterocycles. The fourth-order valence-electron chi connectivity index (χ4n) is 2.91. The van der Waals surface area contributed by atoms with E-state index in [4.69, 9.17) is 0 Å². The van der Waals surface area contributed by atoms with Gasteiger partial charge in [0.1, 0.15) is 0 Å². The van der Waals surface area contributed by atoms with Gasteiger partial charge in [0.05, 0.1) is 0 Å². The Morgan fingerprint density at radius 2 is 1.90 bits per heavy atom. The summed E-state index contributed by atoms with van der Waals surface area (Å²) < 4.78 is 0. The first-order chi connectivity index (χ1) is 9.19. The summed E-state index contributed by atoms with van der Waals surface area (Å²) in [4.78, 5) is 2.62. The lowest BCUT2D eigenvalue weighted by molar-refractivity contribution is 0.175. The van der Waals surface area contributed by atoms with Gasteiger partial charge in [-0.1, -0.05) is 30.7 Å². The van der Waals surface area contributed by atoms with E-state index in [1.165, 1.54) is 49.2 Å². The van der Waals surface area contributed by atoms with Gasteiger partial charge in [-0.3, -0.25) is 4.90 Å². The maximum Gasteiger partial charge on any atom is 0.0236 e. The summed E-state index contributed by atoms with van der Waals surface area (Å²) in [6.45, 7) is 12.5. The Morgan fingerprint density at radius 3 is 2.55 bits per heavy atom. The van der Waals surface area contributed by atoms with Crippen molar-refractivity contribution in [2.24, 2.45) is 5.92 Å². The zero-order chi connectivity index (χ0) is 13.7. The number of nitrogens with one attached hydrogen (secondary N) is 1. The number of piperidine rings is 1. The Labute approximate surface area is 130 Å². The Morgan fingerprint density at radius 1 is 1.20 bits per heavy atom. The third-order valence-corrected chi connectivity index (χ3v) is 4.29. The molecule has 0 amide bonds. The lowest BCUT2D eigenvalue weighted by Crippen LogP contribution is -2.37. The van der Waals surface area contributed by atoms with E-state index in [0.717, 1.165) is 19.0 Å². The molecule has 0 unspecified atom stereocenters. The highest BCUT2D eigenvalue weighted by Gasteiger charge is 2.19. The molecule has 1 fully saturated rings. The largest absolute Gasteiger partial charge is 0.317 e. The van der Waals surface area contributed by atoms with Gasteiger partial charge in [0.25, 0.3) is 0 Å². The van der Waals surface area contributed by atoms with Crippen LogP contribution in [0, 0.1) is 19.8 Å². The minimum absolute atomic E-state index is 0. The van der Waals surface area contributed by atoms with E-state index < -0.39 is 0 Å².